The maximum atomic E-state index is 13.0. The Balaban J connectivity index is 1.23. The summed E-state index contributed by atoms with van der Waals surface area (Å²) in [6.07, 6.45) is -4.33. The van der Waals surface area contributed by atoms with Crippen molar-refractivity contribution < 1.29 is 33.0 Å². The van der Waals surface area contributed by atoms with E-state index in [1.807, 2.05) is 4.90 Å². The summed E-state index contributed by atoms with van der Waals surface area (Å²) in [5.74, 6) is -0.593. The van der Waals surface area contributed by atoms with Crippen LogP contribution in [0.4, 0.5) is 19.0 Å². The van der Waals surface area contributed by atoms with Crippen LogP contribution in [-0.2, 0) is 11.0 Å². The van der Waals surface area contributed by atoms with E-state index in [-0.39, 0.29) is 16.6 Å². The van der Waals surface area contributed by atoms with Crippen molar-refractivity contribution in [1.82, 2.24) is 19.9 Å². The summed E-state index contributed by atoms with van der Waals surface area (Å²) in [5.41, 5.74) is 0.745. The van der Waals surface area contributed by atoms with Crippen LogP contribution in [0.3, 0.4) is 0 Å². The third-order valence-electron chi connectivity index (χ3n) is 6.43. The molecule has 12 heteroatoms. The third kappa shape index (κ3) is 5.02. The highest BCUT2D eigenvalue weighted by molar-refractivity contribution is 5.89. The average molecular weight is 525 g/mol. The second-order valence-corrected chi connectivity index (χ2v) is 8.87. The Morgan fingerprint density at radius 3 is 2.42 bits per heavy atom. The van der Waals surface area contributed by atoms with Crippen LogP contribution < -0.4 is 4.90 Å². The van der Waals surface area contributed by atoms with E-state index in [1.165, 1.54) is 35.2 Å². The van der Waals surface area contributed by atoms with E-state index in [1.54, 1.807) is 18.3 Å². The van der Waals surface area contributed by atoms with Gasteiger partial charge < -0.3 is 25.0 Å². The van der Waals surface area contributed by atoms with Crippen LogP contribution in [0.25, 0.3) is 22.4 Å². The first kappa shape index (κ1) is 25.2. The number of aliphatic hydroxyl groups is 1. The Bertz CT molecular complexity index is 1500. The number of nitrogens with zero attached hydrogens (tertiary/aromatic N) is 4. The second kappa shape index (κ2) is 9.78. The lowest BCUT2D eigenvalue weighted by Gasteiger charge is -2.36. The van der Waals surface area contributed by atoms with Crippen LogP contribution in [-0.4, -0.2) is 68.1 Å². The number of carboxylic acid groups (broad SMARTS) is 1. The number of pyridine rings is 1. The van der Waals surface area contributed by atoms with E-state index in [0.717, 1.165) is 12.1 Å². The van der Waals surface area contributed by atoms with Gasteiger partial charge in [0.05, 0.1) is 22.2 Å². The van der Waals surface area contributed by atoms with E-state index in [0.29, 0.717) is 48.9 Å². The summed E-state index contributed by atoms with van der Waals surface area (Å²) in [7, 11) is 0. The Kier molecular flexibility index (Phi) is 6.49. The van der Waals surface area contributed by atoms with Gasteiger partial charge in [-0.1, -0.05) is 12.1 Å². The number of aromatic nitrogens is 3. The number of halogens is 3. The SMILES string of the molecule is O=C(O)c1cccc(C(O)C(=O)N2CCN(c3ccc(-c4nc5ccc(C(F)(F)F)cc5[nH]4)cn3)CC2)c1. The van der Waals surface area contributed by atoms with Gasteiger partial charge in [0.25, 0.3) is 5.91 Å². The van der Waals surface area contributed by atoms with Crippen molar-refractivity contribution in [2.45, 2.75) is 12.3 Å². The first-order chi connectivity index (χ1) is 18.1. The highest BCUT2D eigenvalue weighted by Gasteiger charge is 2.31. The summed E-state index contributed by atoms with van der Waals surface area (Å²) in [6.45, 7) is 1.60. The van der Waals surface area contributed by atoms with Gasteiger partial charge in [-0.25, -0.2) is 14.8 Å². The Labute approximate surface area is 214 Å². The number of anilines is 1. The molecule has 0 spiro atoms. The van der Waals surface area contributed by atoms with E-state index < -0.39 is 29.7 Å². The molecule has 1 amide bonds. The predicted octanol–water partition coefficient (Wildman–Crippen LogP) is 3.72. The number of carbonyl (C=O) groups excluding carboxylic acids is 1. The second-order valence-electron chi connectivity index (χ2n) is 8.87. The molecule has 0 aliphatic carbocycles. The van der Waals surface area contributed by atoms with Gasteiger partial charge in [-0.05, 0) is 48.0 Å². The number of hydrogen-bond acceptors (Lipinski definition) is 6. The number of H-pyrrole nitrogens is 1. The molecule has 1 saturated heterocycles. The summed E-state index contributed by atoms with van der Waals surface area (Å²) >= 11 is 0. The van der Waals surface area contributed by atoms with E-state index in [2.05, 4.69) is 15.0 Å². The molecule has 0 bridgehead atoms. The van der Waals surface area contributed by atoms with Crippen LogP contribution in [0.15, 0.2) is 60.8 Å². The zero-order valence-electron chi connectivity index (χ0n) is 19.8. The fourth-order valence-corrected chi connectivity index (χ4v) is 4.35. The van der Waals surface area contributed by atoms with Crippen LogP contribution >= 0.6 is 0 Å². The number of rotatable bonds is 5. The van der Waals surface area contributed by atoms with Crippen molar-refractivity contribution in [3.8, 4) is 11.4 Å². The zero-order valence-corrected chi connectivity index (χ0v) is 19.8. The van der Waals surface area contributed by atoms with Gasteiger partial charge in [-0.3, -0.25) is 4.79 Å². The Morgan fingerprint density at radius 2 is 1.76 bits per heavy atom. The number of aromatic carboxylic acids is 1. The fraction of sp³-hybridized carbons (Fsp3) is 0.231. The molecule has 3 N–H and O–H groups in total. The number of alkyl halides is 3. The molecule has 1 unspecified atom stereocenters. The highest BCUT2D eigenvalue weighted by atomic mass is 19.4. The summed E-state index contributed by atoms with van der Waals surface area (Å²) < 4.78 is 39.0. The lowest BCUT2D eigenvalue weighted by Crippen LogP contribution is -2.50. The minimum absolute atomic E-state index is 0.0117. The third-order valence-corrected chi connectivity index (χ3v) is 6.43. The number of fused-ring (bicyclic) bond motifs is 1. The normalized spacial score (nSPS) is 15.1. The predicted molar refractivity (Wildman–Crippen MR) is 131 cm³/mol. The lowest BCUT2D eigenvalue weighted by atomic mass is 10.0. The first-order valence-corrected chi connectivity index (χ1v) is 11.7. The first-order valence-electron chi connectivity index (χ1n) is 11.7. The van der Waals surface area contributed by atoms with Gasteiger partial charge in [0.1, 0.15) is 11.6 Å². The molecule has 1 fully saturated rings. The number of aliphatic hydroxyl groups excluding tert-OH is 1. The van der Waals surface area contributed by atoms with Crippen molar-refractivity contribution in [2.24, 2.45) is 0 Å². The fourth-order valence-electron chi connectivity index (χ4n) is 4.35. The summed E-state index contributed by atoms with van der Waals surface area (Å²) in [6, 6.07) is 12.5. The largest absolute Gasteiger partial charge is 0.478 e. The standard InChI is InChI=1S/C26H22F3N5O4/c27-26(28,29)18-5-6-19-20(13-18)32-23(31-19)17-4-7-21(30-14-17)33-8-10-34(11-9-33)24(36)22(35)15-2-1-3-16(12-15)25(37)38/h1-7,12-14,22,35H,8-11H2,(H,31,32)(H,37,38). The van der Waals surface area contributed by atoms with Crippen LogP contribution in [0.5, 0.6) is 0 Å². The number of benzene rings is 2. The van der Waals surface area contributed by atoms with Crippen LogP contribution in [0.2, 0.25) is 0 Å². The molecular weight excluding hydrogens is 503 g/mol. The van der Waals surface area contributed by atoms with Gasteiger partial charge in [-0.2, -0.15) is 13.2 Å². The van der Waals surface area contributed by atoms with Crippen molar-refractivity contribution in [1.29, 1.82) is 0 Å². The van der Waals surface area contributed by atoms with Crippen molar-refractivity contribution >= 4 is 28.7 Å². The van der Waals surface area contributed by atoms with Gasteiger partial charge in [0.15, 0.2) is 6.10 Å². The van der Waals surface area contributed by atoms with Crippen LogP contribution in [0, 0.1) is 0 Å². The van der Waals surface area contributed by atoms with Crippen LogP contribution in [0.1, 0.15) is 27.6 Å². The summed E-state index contributed by atoms with van der Waals surface area (Å²) in [5, 5.41) is 19.6. The monoisotopic (exact) mass is 525 g/mol. The van der Waals surface area contributed by atoms with Gasteiger partial charge in [0.2, 0.25) is 0 Å². The molecule has 5 rings (SSSR count). The number of nitrogens with one attached hydrogen (secondary N) is 1. The molecule has 1 atom stereocenters. The number of aromatic amines is 1. The maximum Gasteiger partial charge on any atom is 0.416 e. The molecule has 3 heterocycles. The minimum atomic E-state index is -4.44. The smallest absolute Gasteiger partial charge is 0.416 e. The zero-order chi connectivity index (χ0) is 27.0. The average Bonchev–Trinajstić information content (AvgIpc) is 3.36. The number of piperazine rings is 1. The van der Waals surface area contributed by atoms with Gasteiger partial charge in [0, 0.05) is 37.9 Å². The number of carbonyl (C=O) groups is 2. The minimum Gasteiger partial charge on any atom is -0.478 e. The highest BCUT2D eigenvalue weighted by Crippen LogP contribution is 2.32. The molecule has 38 heavy (non-hydrogen) atoms. The van der Waals surface area contributed by atoms with E-state index >= 15 is 0 Å². The van der Waals surface area contributed by atoms with Gasteiger partial charge >= 0.3 is 12.1 Å². The molecule has 0 radical (unpaired) electrons. The van der Waals surface area contributed by atoms with Crippen molar-refractivity contribution in [3.05, 3.63) is 77.5 Å². The maximum absolute atomic E-state index is 13.0. The number of hydrogen-bond donors (Lipinski definition) is 3. The molecule has 9 nitrogen and oxygen atoms in total. The molecule has 196 valence electrons. The van der Waals surface area contributed by atoms with Crippen molar-refractivity contribution in [2.75, 3.05) is 31.1 Å². The van der Waals surface area contributed by atoms with E-state index in [9.17, 15) is 27.9 Å². The Hall–Kier alpha value is -4.45. The lowest BCUT2D eigenvalue weighted by molar-refractivity contribution is -0.141. The molecule has 0 saturated carbocycles. The molecule has 2 aromatic heterocycles. The number of carboxylic acids is 1. The molecule has 4 aromatic rings. The molecular formula is C26H22F3N5O4. The number of imidazole rings is 1. The molecule has 1 aliphatic heterocycles. The summed E-state index contributed by atoms with van der Waals surface area (Å²) in [4.78, 5) is 39.2. The molecule has 1 aliphatic rings. The number of amides is 1. The Morgan fingerprint density at radius 1 is 1.00 bits per heavy atom. The van der Waals surface area contributed by atoms with Gasteiger partial charge in [-0.15, -0.1) is 0 Å². The quantitative estimate of drug-likeness (QED) is 0.363. The topological polar surface area (TPSA) is 123 Å². The molecule has 2 aromatic carbocycles. The van der Waals surface area contributed by atoms with E-state index in [4.69, 9.17) is 5.11 Å². The van der Waals surface area contributed by atoms with Crippen molar-refractivity contribution in [3.63, 3.8) is 0 Å².